The fraction of sp³-hybridized carbons (Fsp3) is 0.444. The molecule has 0 aliphatic carbocycles. The van der Waals surface area contributed by atoms with Crippen LogP contribution < -0.4 is 5.32 Å². The molecule has 0 saturated heterocycles. The molecule has 1 aliphatic rings. The summed E-state index contributed by atoms with van der Waals surface area (Å²) < 4.78 is 0. The van der Waals surface area contributed by atoms with Crippen LogP contribution in [0.2, 0.25) is 0 Å². The van der Waals surface area contributed by atoms with Crippen LogP contribution in [0.25, 0.3) is 0 Å². The summed E-state index contributed by atoms with van der Waals surface area (Å²) in [7, 11) is 0. The molecule has 2 heteroatoms. The zero-order valence-electron chi connectivity index (χ0n) is 6.67. The van der Waals surface area contributed by atoms with Gasteiger partial charge >= 0.3 is 0 Å². The Morgan fingerprint density at radius 1 is 1.64 bits per heavy atom. The van der Waals surface area contributed by atoms with Gasteiger partial charge in [-0.3, -0.25) is 0 Å². The molecule has 11 heavy (non-hydrogen) atoms. The lowest BCUT2D eigenvalue weighted by Gasteiger charge is -2.22. The molecular formula is C9H12N2. The van der Waals surface area contributed by atoms with Crippen molar-refractivity contribution < 1.29 is 0 Å². The molecule has 58 valence electrons. The predicted molar refractivity (Wildman–Crippen MR) is 45.6 cm³/mol. The van der Waals surface area contributed by atoms with Crippen molar-refractivity contribution in [3.63, 3.8) is 0 Å². The number of nitrogens with one attached hydrogen (secondary N) is 1. The first-order chi connectivity index (χ1) is 5.36. The van der Waals surface area contributed by atoms with Gasteiger partial charge < -0.3 is 5.32 Å². The lowest BCUT2D eigenvalue weighted by atomic mass is 10.0. The molecule has 1 unspecified atom stereocenters. The fourth-order valence-corrected chi connectivity index (χ4v) is 1.45. The first kappa shape index (κ1) is 6.65. The summed E-state index contributed by atoms with van der Waals surface area (Å²) in [6.45, 7) is 2.19. The van der Waals surface area contributed by atoms with Crippen LogP contribution in [-0.2, 0) is 6.42 Å². The molecule has 1 aromatic rings. The van der Waals surface area contributed by atoms with Gasteiger partial charge in [0.15, 0.2) is 0 Å². The van der Waals surface area contributed by atoms with E-state index in [9.17, 15) is 0 Å². The average Bonchev–Trinajstić information content (AvgIpc) is 2.04. The van der Waals surface area contributed by atoms with Crippen molar-refractivity contribution in [2.24, 2.45) is 0 Å². The predicted octanol–water partition coefficient (Wildman–Crippen LogP) is 1.83. The monoisotopic (exact) mass is 148 g/mol. The highest BCUT2D eigenvalue weighted by molar-refractivity contribution is 5.46. The van der Waals surface area contributed by atoms with Crippen molar-refractivity contribution in [3.8, 4) is 0 Å². The molecule has 0 amide bonds. The highest BCUT2D eigenvalue weighted by Gasteiger charge is 2.13. The largest absolute Gasteiger partial charge is 0.367 e. The third kappa shape index (κ3) is 1.20. The van der Waals surface area contributed by atoms with E-state index in [-0.39, 0.29) is 0 Å². The second-order valence-electron chi connectivity index (χ2n) is 3.10. The third-order valence-electron chi connectivity index (χ3n) is 2.12. The van der Waals surface area contributed by atoms with E-state index in [1.165, 1.54) is 12.0 Å². The number of aryl methyl sites for hydroxylation is 1. The lowest BCUT2D eigenvalue weighted by molar-refractivity contribution is 0.674. The van der Waals surface area contributed by atoms with Crippen molar-refractivity contribution in [1.29, 1.82) is 0 Å². The van der Waals surface area contributed by atoms with Crippen LogP contribution in [0.15, 0.2) is 18.3 Å². The molecule has 1 aromatic heterocycles. The average molecular weight is 148 g/mol. The van der Waals surface area contributed by atoms with E-state index in [0.717, 1.165) is 12.2 Å². The smallest absolute Gasteiger partial charge is 0.129 e. The van der Waals surface area contributed by atoms with Gasteiger partial charge in [-0.1, -0.05) is 6.07 Å². The minimum Gasteiger partial charge on any atom is -0.367 e. The Hall–Kier alpha value is -1.05. The SMILES string of the molecule is CC1CCc2cccnc2N1. The van der Waals surface area contributed by atoms with Crippen LogP contribution >= 0.6 is 0 Å². The van der Waals surface area contributed by atoms with Gasteiger partial charge in [0.1, 0.15) is 5.82 Å². The number of pyridine rings is 1. The summed E-state index contributed by atoms with van der Waals surface area (Å²) in [5.74, 6) is 1.08. The first-order valence-corrected chi connectivity index (χ1v) is 4.06. The second-order valence-corrected chi connectivity index (χ2v) is 3.10. The fourth-order valence-electron chi connectivity index (χ4n) is 1.45. The van der Waals surface area contributed by atoms with Crippen LogP contribution in [0.3, 0.4) is 0 Å². The van der Waals surface area contributed by atoms with Gasteiger partial charge in [0.25, 0.3) is 0 Å². The van der Waals surface area contributed by atoms with Crippen molar-refractivity contribution >= 4 is 5.82 Å². The van der Waals surface area contributed by atoms with Crippen LogP contribution in [0, 0.1) is 0 Å². The molecule has 0 spiro atoms. The Balaban J connectivity index is 2.34. The lowest BCUT2D eigenvalue weighted by Crippen LogP contribution is -2.22. The molecule has 2 nitrogen and oxygen atoms in total. The van der Waals surface area contributed by atoms with Crippen LogP contribution in [0.5, 0.6) is 0 Å². The molecule has 1 aliphatic heterocycles. The number of fused-ring (bicyclic) bond motifs is 1. The molecule has 1 atom stereocenters. The number of aromatic nitrogens is 1. The van der Waals surface area contributed by atoms with Gasteiger partial charge in [0.05, 0.1) is 0 Å². The maximum Gasteiger partial charge on any atom is 0.129 e. The highest BCUT2D eigenvalue weighted by atomic mass is 15.0. The molecular weight excluding hydrogens is 136 g/mol. The molecule has 0 aromatic carbocycles. The Kier molecular flexibility index (Phi) is 1.53. The van der Waals surface area contributed by atoms with E-state index in [1.54, 1.807) is 0 Å². The summed E-state index contributed by atoms with van der Waals surface area (Å²) in [5, 5.41) is 3.35. The Labute approximate surface area is 66.7 Å². The highest BCUT2D eigenvalue weighted by Crippen LogP contribution is 2.20. The van der Waals surface area contributed by atoms with E-state index in [1.807, 2.05) is 12.3 Å². The summed E-state index contributed by atoms with van der Waals surface area (Å²) in [6.07, 6.45) is 4.22. The number of hydrogen-bond acceptors (Lipinski definition) is 2. The van der Waals surface area contributed by atoms with Gasteiger partial charge in [-0.2, -0.15) is 0 Å². The normalized spacial score (nSPS) is 22.1. The van der Waals surface area contributed by atoms with E-state index in [2.05, 4.69) is 23.3 Å². The third-order valence-corrected chi connectivity index (χ3v) is 2.12. The summed E-state index contributed by atoms with van der Waals surface area (Å²) in [6, 6.07) is 4.72. The standard InChI is InChI=1S/C9H12N2/c1-7-4-5-8-3-2-6-10-9(8)11-7/h2-3,6-7H,4-5H2,1H3,(H,10,11). The number of anilines is 1. The zero-order valence-corrected chi connectivity index (χ0v) is 6.67. The van der Waals surface area contributed by atoms with E-state index < -0.39 is 0 Å². The van der Waals surface area contributed by atoms with Gasteiger partial charge in [-0.05, 0) is 31.4 Å². The Bertz CT molecular complexity index is 257. The molecule has 0 radical (unpaired) electrons. The minimum atomic E-state index is 0.581. The van der Waals surface area contributed by atoms with Crippen molar-refractivity contribution in [2.45, 2.75) is 25.8 Å². The van der Waals surface area contributed by atoms with Gasteiger partial charge in [-0.15, -0.1) is 0 Å². The number of nitrogens with zero attached hydrogens (tertiary/aromatic N) is 1. The van der Waals surface area contributed by atoms with Gasteiger partial charge in [0, 0.05) is 12.2 Å². The maximum absolute atomic E-state index is 4.26. The first-order valence-electron chi connectivity index (χ1n) is 4.06. The summed E-state index contributed by atoms with van der Waals surface area (Å²) in [5.41, 5.74) is 1.35. The number of hydrogen-bond donors (Lipinski definition) is 1. The maximum atomic E-state index is 4.26. The van der Waals surface area contributed by atoms with Crippen LogP contribution in [-0.4, -0.2) is 11.0 Å². The molecule has 0 fully saturated rings. The quantitative estimate of drug-likeness (QED) is 0.607. The van der Waals surface area contributed by atoms with Gasteiger partial charge in [-0.25, -0.2) is 4.98 Å². The summed E-state index contributed by atoms with van der Waals surface area (Å²) in [4.78, 5) is 4.26. The Morgan fingerprint density at radius 3 is 3.45 bits per heavy atom. The molecule has 2 heterocycles. The van der Waals surface area contributed by atoms with Gasteiger partial charge in [0.2, 0.25) is 0 Å². The molecule has 0 saturated carbocycles. The number of rotatable bonds is 0. The van der Waals surface area contributed by atoms with Crippen LogP contribution in [0.1, 0.15) is 18.9 Å². The van der Waals surface area contributed by atoms with Crippen LogP contribution in [0.4, 0.5) is 5.82 Å². The van der Waals surface area contributed by atoms with E-state index >= 15 is 0 Å². The molecule has 2 rings (SSSR count). The second kappa shape index (κ2) is 2.53. The minimum absolute atomic E-state index is 0.581. The van der Waals surface area contributed by atoms with Crippen molar-refractivity contribution in [3.05, 3.63) is 23.9 Å². The summed E-state index contributed by atoms with van der Waals surface area (Å²) >= 11 is 0. The van der Waals surface area contributed by atoms with E-state index in [4.69, 9.17) is 0 Å². The zero-order chi connectivity index (χ0) is 7.68. The van der Waals surface area contributed by atoms with Crippen molar-refractivity contribution in [2.75, 3.05) is 5.32 Å². The van der Waals surface area contributed by atoms with Crippen molar-refractivity contribution in [1.82, 2.24) is 4.98 Å². The Morgan fingerprint density at radius 2 is 2.55 bits per heavy atom. The molecule has 0 bridgehead atoms. The van der Waals surface area contributed by atoms with E-state index in [0.29, 0.717) is 6.04 Å². The topological polar surface area (TPSA) is 24.9 Å². The molecule has 1 N–H and O–H groups in total.